The SMILES string of the molecule is CCCCNc1nc(C)no1. The van der Waals surface area contributed by atoms with Crippen molar-refractivity contribution in [1.29, 1.82) is 0 Å². The summed E-state index contributed by atoms with van der Waals surface area (Å²) in [5, 5.41) is 6.67. The molecule has 0 saturated carbocycles. The van der Waals surface area contributed by atoms with Crippen LogP contribution in [0.1, 0.15) is 25.6 Å². The van der Waals surface area contributed by atoms with Crippen molar-refractivity contribution in [3.05, 3.63) is 5.82 Å². The van der Waals surface area contributed by atoms with E-state index in [0.29, 0.717) is 11.8 Å². The Morgan fingerprint density at radius 2 is 2.36 bits per heavy atom. The average Bonchev–Trinajstić information content (AvgIpc) is 2.37. The van der Waals surface area contributed by atoms with E-state index < -0.39 is 0 Å². The third kappa shape index (κ3) is 2.57. The van der Waals surface area contributed by atoms with E-state index in [-0.39, 0.29) is 0 Å². The van der Waals surface area contributed by atoms with E-state index in [0.717, 1.165) is 13.0 Å². The molecule has 1 aromatic heterocycles. The normalized spacial score (nSPS) is 10.0. The molecule has 0 aliphatic carbocycles. The first-order valence-electron chi connectivity index (χ1n) is 3.87. The molecule has 0 spiro atoms. The fourth-order valence-corrected chi connectivity index (χ4v) is 0.741. The van der Waals surface area contributed by atoms with Gasteiger partial charge in [0.2, 0.25) is 0 Å². The molecule has 1 aromatic rings. The molecule has 0 atom stereocenters. The molecule has 0 aliphatic rings. The van der Waals surface area contributed by atoms with Crippen LogP contribution in [0.25, 0.3) is 0 Å². The van der Waals surface area contributed by atoms with Gasteiger partial charge in [-0.3, -0.25) is 0 Å². The average molecular weight is 155 g/mol. The summed E-state index contributed by atoms with van der Waals surface area (Å²) >= 11 is 0. The van der Waals surface area contributed by atoms with Crippen molar-refractivity contribution in [3.63, 3.8) is 0 Å². The molecule has 0 aromatic carbocycles. The van der Waals surface area contributed by atoms with Crippen LogP contribution in [0.15, 0.2) is 4.52 Å². The van der Waals surface area contributed by atoms with Gasteiger partial charge in [-0.25, -0.2) is 0 Å². The fraction of sp³-hybridized carbons (Fsp3) is 0.714. The summed E-state index contributed by atoms with van der Waals surface area (Å²) < 4.78 is 4.84. The summed E-state index contributed by atoms with van der Waals surface area (Å²) in [4.78, 5) is 3.99. The second-order valence-corrected chi connectivity index (χ2v) is 2.43. The van der Waals surface area contributed by atoms with Crippen LogP contribution in [-0.4, -0.2) is 16.7 Å². The number of anilines is 1. The van der Waals surface area contributed by atoms with Gasteiger partial charge in [0.25, 0.3) is 0 Å². The number of unbranched alkanes of at least 4 members (excludes halogenated alkanes) is 1. The van der Waals surface area contributed by atoms with Crippen LogP contribution >= 0.6 is 0 Å². The summed E-state index contributed by atoms with van der Waals surface area (Å²) in [7, 11) is 0. The maximum absolute atomic E-state index is 4.84. The van der Waals surface area contributed by atoms with Crippen LogP contribution in [-0.2, 0) is 0 Å². The first-order chi connectivity index (χ1) is 5.33. The van der Waals surface area contributed by atoms with E-state index in [1.807, 2.05) is 0 Å². The Labute approximate surface area is 66.0 Å². The Hall–Kier alpha value is -1.06. The van der Waals surface area contributed by atoms with Gasteiger partial charge in [0, 0.05) is 6.54 Å². The summed E-state index contributed by atoms with van der Waals surface area (Å²) in [6.45, 7) is 4.84. The first kappa shape index (κ1) is 8.04. The minimum Gasteiger partial charge on any atom is -0.338 e. The van der Waals surface area contributed by atoms with Gasteiger partial charge in [0.05, 0.1) is 0 Å². The predicted octanol–water partition coefficient (Wildman–Crippen LogP) is 1.59. The van der Waals surface area contributed by atoms with Gasteiger partial charge in [0.15, 0.2) is 5.82 Å². The Bertz CT molecular complexity index is 209. The number of rotatable bonds is 4. The van der Waals surface area contributed by atoms with Crippen LogP contribution in [0.2, 0.25) is 0 Å². The molecule has 62 valence electrons. The van der Waals surface area contributed by atoms with Gasteiger partial charge in [-0.15, -0.1) is 0 Å². The van der Waals surface area contributed by atoms with Gasteiger partial charge in [-0.05, 0) is 13.3 Å². The molecule has 0 fully saturated rings. The van der Waals surface area contributed by atoms with E-state index in [2.05, 4.69) is 22.4 Å². The molecular formula is C7H13N3O. The molecule has 11 heavy (non-hydrogen) atoms. The lowest BCUT2D eigenvalue weighted by atomic mass is 10.3. The van der Waals surface area contributed by atoms with Crippen molar-refractivity contribution < 1.29 is 4.52 Å². The molecule has 1 rings (SSSR count). The number of nitrogens with one attached hydrogen (secondary N) is 1. The van der Waals surface area contributed by atoms with E-state index in [4.69, 9.17) is 4.52 Å². The van der Waals surface area contributed by atoms with Crippen molar-refractivity contribution in [3.8, 4) is 0 Å². The Morgan fingerprint density at radius 1 is 1.55 bits per heavy atom. The summed E-state index contributed by atoms with van der Waals surface area (Å²) in [5.41, 5.74) is 0. The minimum atomic E-state index is 0.524. The zero-order valence-electron chi connectivity index (χ0n) is 6.92. The monoisotopic (exact) mass is 155 g/mol. The highest BCUT2D eigenvalue weighted by molar-refractivity contribution is 5.17. The van der Waals surface area contributed by atoms with E-state index >= 15 is 0 Å². The Morgan fingerprint density at radius 3 is 2.91 bits per heavy atom. The molecule has 0 amide bonds. The number of hydrogen-bond donors (Lipinski definition) is 1. The highest BCUT2D eigenvalue weighted by atomic mass is 16.5. The Kier molecular flexibility index (Phi) is 2.89. The largest absolute Gasteiger partial charge is 0.338 e. The van der Waals surface area contributed by atoms with Crippen LogP contribution in [0, 0.1) is 6.92 Å². The Balaban J connectivity index is 2.27. The van der Waals surface area contributed by atoms with Crippen molar-refractivity contribution in [1.82, 2.24) is 10.1 Å². The predicted molar refractivity (Wildman–Crippen MR) is 42.4 cm³/mol. The van der Waals surface area contributed by atoms with Gasteiger partial charge >= 0.3 is 6.01 Å². The molecule has 1 N–H and O–H groups in total. The van der Waals surface area contributed by atoms with Gasteiger partial charge in [0.1, 0.15) is 0 Å². The number of aryl methyl sites for hydroxylation is 1. The molecule has 1 heterocycles. The van der Waals surface area contributed by atoms with Gasteiger partial charge < -0.3 is 9.84 Å². The summed E-state index contributed by atoms with van der Waals surface area (Å²) in [6.07, 6.45) is 2.29. The summed E-state index contributed by atoms with van der Waals surface area (Å²) in [6, 6.07) is 0.524. The second-order valence-electron chi connectivity index (χ2n) is 2.43. The van der Waals surface area contributed by atoms with Crippen LogP contribution in [0.5, 0.6) is 0 Å². The zero-order chi connectivity index (χ0) is 8.10. The second kappa shape index (κ2) is 3.95. The molecule has 0 radical (unpaired) electrons. The topological polar surface area (TPSA) is 51.0 Å². The highest BCUT2D eigenvalue weighted by Gasteiger charge is 1.98. The number of aromatic nitrogens is 2. The fourth-order valence-electron chi connectivity index (χ4n) is 0.741. The maximum Gasteiger partial charge on any atom is 0.321 e. The van der Waals surface area contributed by atoms with E-state index in [1.165, 1.54) is 6.42 Å². The first-order valence-corrected chi connectivity index (χ1v) is 3.87. The molecule has 0 saturated heterocycles. The third-order valence-electron chi connectivity index (χ3n) is 1.33. The summed E-state index contributed by atoms with van der Waals surface area (Å²) in [5.74, 6) is 0.670. The van der Waals surface area contributed by atoms with Crippen molar-refractivity contribution >= 4 is 6.01 Å². The molecule has 0 bridgehead atoms. The molecule has 0 aliphatic heterocycles. The number of hydrogen-bond acceptors (Lipinski definition) is 4. The van der Waals surface area contributed by atoms with Crippen molar-refractivity contribution in [2.45, 2.75) is 26.7 Å². The quantitative estimate of drug-likeness (QED) is 0.671. The molecular weight excluding hydrogens is 142 g/mol. The van der Waals surface area contributed by atoms with Crippen LogP contribution in [0.4, 0.5) is 6.01 Å². The van der Waals surface area contributed by atoms with Crippen molar-refractivity contribution in [2.75, 3.05) is 11.9 Å². The van der Waals surface area contributed by atoms with Gasteiger partial charge in [-0.1, -0.05) is 18.5 Å². The molecule has 0 unspecified atom stereocenters. The highest BCUT2D eigenvalue weighted by Crippen LogP contribution is 2.01. The van der Waals surface area contributed by atoms with Crippen LogP contribution in [0.3, 0.4) is 0 Å². The third-order valence-corrected chi connectivity index (χ3v) is 1.33. The van der Waals surface area contributed by atoms with Crippen molar-refractivity contribution in [2.24, 2.45) is 0 Å². The van der Waals surface area contributed by atoms with E-state index in [9.17, 15) is 0 Å². The molecule has 4 heteroatoms. The van der Waals surface area contributed by atoms with Gasteiger partial charge in [-0.2, -0.15) is 4.98 Å². The van der Waals surface area contributed by atoms with Crippen LogP contribution < -0.4 is 5.32 Å². The standard InChI is InChI=1S/C7H13N3O/c1-3-4-5-8-7-9-6(2)10-11-7/h3-5H2,1-2H3,(H,8,9,10). The number of nitrogens with zero attached hydrogens (tertiary/aromatic N) is 2. The lowest BCUT2D eigenvalue weighted by Crippen LogP contribution is -2.00. The maximum atomic E-state index is 4.84. The minimum absolute atomic E-state index is 0.524. The smallest absolute Gasteiger partial charge is 0.321 e. The lowest BCUT2D eigenvalue weighted by molar-refractivity contribution is 0.425. The molecule has 4 nitrogen and oxygen atoms in total. The zero-order valence-corrected chi connectivity index (χ0v) is 6.92. The van der Waals surface area contributed by atoms with E-state index in [1.54, 1.807) is 6.92 Å². The lowest BCUT2D eigenvalue weighted by Gasteiger charge is -1.95.